The quantitative estimate of drug-likeness (QED) is 0.597. The van der Waals surface area contributed by atoms with E-state index in [-0.39, 0.29) is 18.0 Å². The van der Waals surface area contributed by atoms with Crippen molar-refractivity contribution in [2.45, 2.75) is 7.43 Å². The van der Waals surface area contributed by atoms with E-state index in [2.05, 4.69) is 15.9 Å². The number of hydrogen-bond acceptors (Lipinski definition) is 2. The van der Waals surface area contributed by atoms with Crippen LogP contribution < -0.4 is 0 Å². The number of nitrogens with zero attached hydrogens (tertiary/aromatic N) is 1. The Bertz CT molecular complexity index is 526. The third-order valence-corrected chi connectivity index (χ3v) is 2.73. The maximum Gasteiger partial charge on any atom is 0.278 e. The van der Waals surface area contributed by atoms with Crippen molar-refractivity contribution in [3.63, 3.8) is 0 Å². The Balaban J connectivity index is 0.00000144. The van der Waals surface area contributed by atoms with Gasteiger partial charge in [-0.15, -0.1) is 0 Å². The lowest BCUT2D eigenvalue weighted by Gasteiger charge is -2.03. The van der Waals surface area contributed by atoms with Crippen LogP contribution in [0.1, 0.15) is 7.43 Å². The largest absolute Gasteiger partial charge is 0.278 e. The molecule has 0 unspecified atom stereocenters. The predicted molar refractivity (Wildman–Crippen MR) is 73.0 cm³/mol. The zero-order valence-corrected chi connectivity index (χ0v) is 9.85. The predicted octanol–water partition coefficient (Wildman–Crippen LogP) is 4.66. The Morgan fingerprint density at radius 1 is 1.06 bits per heavy atom. The van der Waals surface area contributed by atoms with E-state index in [1.165, 1.54) is 6.07 Å². The Morgan fingerprint density at radius 2 is 1.71 bits per heavy atom. The van der Waals surface area contributed by atoms with Crippen molar-refractivity contribution in [1.82, 2.24) is 0 Å². The molecule has 4 heteroatoms. The monoisotopic (exact) mass is 293 g/mol. The first-order valence-electron chi connectivity index (χ1n) is 4.68. The first kappa shape index (κ1) is 13.4. The van der Waals surface area contributed by atoms with E-state index in [1.54, 1.807) is 12.1 Å². The Hall–Kier alpha value is -1.68. The lowest BCUT2D eigenvalue weighted by molar-refractivity contribution is -0.384. The fraction of sp³-hybridized carbons (Fsp3) is 0.0769. The van der Waals surface area contributed by atoms with Gasteiger partial charge in [0.05, 0.1) is 10.5 Å². The van der Waals surface area contributed by atoms with Crippen molar-refractivity contribution in [2.75, 3.05) is 0 Å². The van der Waals surface area contributed by atoms with E-state index in [9.17, 15) is 10.1 Å². The molecular weight excluding hydrogens is 282 g/mol. The van der Waals surface area contributed by atoms with Crippen LogP contribution in [0.15, 0.2) is 53.0 Å². The van der Waals surface area contributed by atoms with Crippen molar-refractivity contribution in [2.24, 2.45) is 0 Å². The SMILES string of the molecule is C.O=[N+]([O-])c1cc(Br)ccc1-c1ccccc1. The molecule has 2 rings (SSSR count). The molecule has 3 nitrogen and oxygen atoms in total. The Kier molecular flexibility index (Phi) is 4.40. The van der Waals surface area contributed by atoms with Gasteiger partial charge in [0.15, 0.2) is 0 Å². The summed E-state index contributed by atoms with van der Waals surface area (Å²) in [4.78, 5) is 10.6. The molecule has 88 valence electrons. The summed E-state index contributed by atoms with van der Waals surface area (Å²) < 4.78 is 0.707. The van der Waals surface area contributed by atoms with Gasteiger partial charge in [0.25, 0.3) is 5.69 Å². The smallest absolute Gasteiger partial charge is 0.258 e. The standard InChI is InChI=1S/C12H8BrNO2.CH4/c13-10-6-7-11(12(8-10)14(15)16)9-4-2-1-3-5-9;/h1-8H;1H4. The van der Waals surface area contributed by atoms with Crippen molar-refractivity contribution in [3.8, 4) is 11.1 Å². The van der Waals surface area contributed by atoms with Crippen molar-refractivity contribution >= 4 is 21.6 Å². The van der Waals surface area contributed by atoms with Crippen LogP contribution in [0.5, 0.6) is 0 Å². The summed E-state index contributed by atoms with van der Waals surface area (Å²) in [7, 11) is 0. The average molecular weight is 294 g/mol. The first-order chi connectivity index (χ1) is 7.68. The number of halogens is 1. The van der Waals surface area contributed by atoms with Gasteiger partial charge in [0, 0.05) is 10.5 Å². The van der Waals surface area contributed by atoms with Gasteiger partial charge in [0.2, 0.25) is 0 Å². The maximum atomic E-state index is 10.9. The number of rotatable bonds is 2. The highest BCUT2D eigenvalue weighted by Crippen LogP contribution is 2.31. The van der Waals surface area contributed by atoms with Crippen LogP contribution in [0.3, 0.4) is 0 Å². The molecule has 2 aromatic rings. The summed E-state index contributed by atoms with van der Waals surface area (Å²) in [6, 6.07) is 14.4. The van der Waals surface area contributed by atoms with Crippen molar-refractivity contribution < 1.29 is 4.92 Å². The fourth-order valence-corrected chi connectivity index (χ4v) is 1.87. The molecule has 17 heavy (non-hydrogen) atoms. The third kappa shape index (κ3) is 2.91. The summed E-state index contributed by atoms with van der Waals surface area (Å²) in [6.45, 7) is 0. The van der Waals surface area contributed by atoms with Crippen LogP contribution >= 0.6 is 15.9 Å². The van der Waals surface area contributed by atoms with Crippen LogP contribution in [0, 0.1) is 10.1 Å². The minimum absolute atomic E-state index is 0. The lowest BCUT2D eigenvalue weighted by Crippen LogP contribution is -1.91. The molecule has 0 aliphatic rings. The van der Waals surface area contributed by atoms with E-state index < -0.39 is 0 Å². The number of nitro benzene ring substituents is 1. The third-order valence-electron chi connectivity index (χ3n) is 2.24. The van der Waals surface area contributed by atoms with Crippen LogP contribution in [0.25, 0.3) is 11.1 Å². The summed E-state index contributed by atoms with van der Waals surface area (Å²) in [6.07, 6.45) is 0. The molecule has 0 aromatic heterocycles. The van der Waals surface area contributed by atoms with Crippen molar-refractivity contribution in [3.05, 3.63) is 63.1 Å². The zero-order valence-electron chi connectivity index (χ0n) is 8.26. The molecule has 0 aliphatic heterocycles. The molecule has 0 N–H and O–H groups in total. The topological polar surface area (TPSA) is 43.1 Å². The highest BCUT2D eigenvalue weighted by molar-refractivity contribution is 9.10. The maximum absolute atomic E-state index is 10.9. The molecule has 0 radical (unpaired) electrons. The van der Waals surface area contributed by atoms with Gasteiger partial charge in [-0.25, -0.2) is 0 Å². The zero-order chi connectivity index (χ0) is 11.5. The van der Waals surface area contributed by atoms with Gasteiger partial charge in [-0.3, -0.25) is 10.1 Å². The molecule has 0 aliphatic carbocycles. The summed E-state index contributed by atoms with van der Waals surface area (Å²) in [5.74, 6) is 0. The summed E-state index contributed by atoms with van der Waals surface area (Å²) in [5.41, 5.74) is 1.59. The van der Waals surface area contributed by atoms with Gasteiger partial charge in [-0.1, -0.05) is 53.7 Å². The van der Waals surface area contributed by atoms with E-state index in [0.29, 0.717) is 10.0 Å². The summed E-state index contributed by atoms with van der Waals surface area (Å²) in [5, 5.41) is 10.9. The van der Waals surface area contributed by atoms with Crippen LogP contribution in [0.4, 0.5) is 5.69 Å². The van der Waals surface area contributed by atoms with Gasteiger partial charge in [-0.05, 0) is 17.7 Å². The van der Waals surface area contributed by atoms with E-state index in [1.807, 2.05) is 30.3 Å². The summed E-state index contributed by atoms with van der Waals surface area (Å²) >= 11 is 3.23. The van der Waals surface area contributed by atoms with Gasteiger partial charge >= 0.3 is 0 Å². The number of hydrogen-bond donors (Lipinski definition) is 0. The average Bonchev–Trinajstić information content (AvgIpc) is 2.30. The normalized spacial score (nSPS) is 9.47. The van der Waals surface area contributed by atoms with Crippen LogP contribution in [-0.2, 0) is 0 Å². The number of nitro groups is 1. The highest BCUT2D eigenvalue weighted by atomic mass is 79.9. The van der Waals surface area contributed by atoms with Crippen LogP contribution in [-0.4, -0.2) is 4.92 Å². The molecule has 0 bridgehead atoms. The second kappa shape index (κ2) is 5.59. The molecule has 0 saturated heterocycles. The van der Waals surface area contributed by atoms with Gasteiger partial charge in [0.1, 0.15) is 0 Å². The molecular formula is C13H12BrNO2. The fourth-order valence-electron chi connectivity index (χ4n) is 1.52. The van der Waals surface area contributed by atoms with Crippen molar-refractivity contribution in [1.29, 1.82) is 0 Å². The molecule has 0 spiro atoms. The molecule has 0 amide bonds. The van der Waals surface area contributed by atoms with E-state index in [0.717, 1.165) is 5.56 Å². The lowest BCUT2D eigenvalue weighted by atomic mass is 10.0. The van der Waals surface area contributed by atoms with Gasteiger partial charge < -0.3 is 0 Å². The molecule has 0 heterocycles. The van der Waals surface area contributed by atoms with E-state index >= 15 is 0 Å². The minimum Gasteiger partial charge on any atom is -0.258 e. The number of benzene rings is 2. The second-order valence-corrected chi connectivity index (χ2v) is 4.20. The first-order valence-corrected chi connectivity index (χ1v) is 5.47. The van der Waals surface area contributed by atoms with E-state index in [4.69, 9.17) is 0 Å². The van der Waals surface area contributed by atoms with Crippen LogP contribution in [0.2, 0.25) is 0 Å². The Labute approximate surface area is 108 Å². The molecule has 2 aromatic carbocycles. The molecule has 0 saturated carbocycles. The second-order valence-electron chi connectivity index (χ2n) is 3.28. The molecule has 0 fully saturated rings. The molecule has 0 atom stereocenters. The highest BCUT2D eigenvalue weighted by Gasteiger charge is 2.14. The minimum atomic E-state index is -0.368. The van der Waals surface area contributed by atoms with Gasteiger partial charge in [-0.2, -0.15) is 0 Å². The Morgan fingerprint density at radius 3 is 2.29 bits per heavy atom.